The summed E-state index contributed by atoms with van der Waals surface area (Å²) in [5.41, 5.74) is 2.92. The van der Waals surface area contributed by atoms with Gasteiger partial charge in [0.05, 0.1) is 12.7 Å². The van der Waals surface area contributed by atoms with Gasteiger partial charge in [-0.2, -0.15) is 0 Å². The number of nitrogens with zero attached hydrogens (tertiary/aromatic N) is 1. The third-order valence-corrected chi connectivity index (χ3v) is 3.52. The summed E-state index contributed by atoms with van der Waals surface area (Å²) in [6.45, 7) is 1.97. The highest BCUT2D eigenvalue weighted by Gasteiger charge is 2.13. The van der Waals surface area contributed by atoms with Gasteiger partial charge in [-0.15, -0.1) is 0 Å². The second-order valence-electron chi connectivity index (χ2n) is 5.07. The van der Waals surface area contributed by atoms with Crippen molar-refractivity contribution in [3.05, 3.63) is 59.0 Å². The molecule has 0 saturated carbocycles. The number of fused-ring (bicyclic) bond motifs is 1. The number of para-hydroxylation sites is 1. The summed E-state index contributed by atoms with van der Waals surface area (Å²) < 4.78 is 10.9. The Balaban J connectivity index is 1.95. The molecule has 3 aromatic rings. The van der Waals surface area contributed by atoms with Crippen molar-refractivity contribution in [1.29, 1.82) is 0 Å². The highest BCUT2D eigenvalue weighted by Crippen LogP contribution is 2.23. The van der Waals surface area contributed by atoms with Gasteiger partial charge in [0.25, 0.3) is 0 Å². The molecule has 23 heavy (non-hydrogen) atoms. The van der Waals surface area contributed by atoms with Crippen LogP contribution in [0.4, 0.5) is 0 Å². The summed E-state index contributed by atoms with van der Waals surface area (Å²) in [6, 6.07) is 10.7. The van der Waals surface area contributed by atoms with Gasteiger partial charge in [-0.1, -0.05) is 18.2 Å². The first-order valence-corrected chi connectivity index (χ1v) is 7.04. The third-order valence-electron chi connectivity index (χ3n) is 3.52. The molecule has 5 nitrogen and oxygen atoms in total. The number of aryl methyl sites for hydroxylation is 1. The number of aromatic nitrogens is 1. The number of ether oxygens (including phenoxy) is 1. The normalized spacial score (nSPS) is 11.2. The topological polar surface area (TPSA) is 72.6 Å². The first-order chi connectivity index (χ1) is 11.1. The molecular formula is C18H15NO4. The van der Waals surface area contributed by atoms with Crippen molar-refractivity contribution in [2.45, 2.75) is 6.92 Å². The van der Waals surface area contributed by atoms with E-state index in [0.717, 1.165) is 16.9 Å². The Morgan fingerprint density at radius 3 is 2.83 bits per heavy atom. The smallest absolute Gasteiger partial charge is 0.338 e. The molecule has 0 amide bonds. The highest BCUT2D eigenvalue weighted by atomic mass is 16.5. The Morgan fingerprint density at radius 2 is 2.09 bits per heavy atom. The number of benzene rings is 2. The van der Waals surface area contributed by atoms with E-state index in [-0.39, 0.29) is 5.56 Å². The van der Waals surface area contributed by atoms with Crippen LogP contribution in [0.15, 0.2) is 40.8 Å². The predicted molar refractivity (Wildman–Crippen MR) is 87.6 cm³/mol. The molecule has 0 aliphatic heterocycles. The van der Waals surface area contributed by atoms with Crippen molar-refractivity contribution < 1.29 is 19.1 Å². The Bertz CT molecular complexity index is 909. The first kappa shape index (κ1) is 14.8. The summed E-state index contributed by atoms with van der Waals surface area (Å²) in [5.74, 6) is 0.133. The maximum absolute atomic E-state index is 11.2. The average molecular weight is 309 g/mol. The van der Waals surface area contributed by atoms with Gasteiger partial charge >= 0.3 is 5.97 Å². The fraction of sp³-hybridized carbons (Fsp3) is 0.111. The van der Waals surface area contributed by atoms with E-state index >= 15 is 0 Å². The largest absolute Gasteiger partial charge is 0.496 e. The van der Waals surface area contributed by atoms with Crippen molar-refractivity contribution >= 4 is 29.2 Å². The molecule has 0 bridgehead atoms. The molecule has 1 N–H and O–H groups in total. The number of oxazole rings is 1. The molecule has 0 aliphatic carbocycles. The number of carboxylic acids is 1. The Labute approximate surface area is 132 Å². The average Bonchev–Trinajstić information content (AvgIpc) is 2.96. The number of hydrogen-bond donors (Lipinski definition) is 1. The molecule has 3 rings (SSSR count). The van der Waals surface area contributed by atoms with Crippen LogP contribution in [0.5, 0.6) is 5.75 Å². The van der Waals surface area contributed by atoms with Crippen molar-refractivity contribution in [3.8, 4) is 5.75 Å². The van der Waals surface area contributed by atoms with Crippen LogP contribution in [-0.4, -0.2) is 23.2 Å². The molecule has 0 saturated heterocycles. The minimum absolute atomic E-state index is 0.128. The Kier molecular flexibility index (Phi) is 3.85. The fourth-order valence-electron chi connectivity index (χ4n) is 2.32. The SMILES string of the molecule is COc1cc(/C=C/c2nc3c(C(=O)O)cccc3o2)ccc1C. The summed E-state index contributed by atoms with van der Waals surface area (Å²) in [5, 5.41) is 9.17. The third kappa shape index (κ3) is 2.94. The van der Waals surface area contributed by atoms with Crippen LogP contribution < -0.4 is 4.74 Å². The van der Waals surface area contributed by atoms with Crippen molar-refractivity contribution in [3.63, 3.8) is 0 Å². The van der Waals surface area contributed by atoms with E-state index in [1.807, 2.05) is 31.2 Å². The summed E-state index contributed by atoms with van der Waals surface area (Å²) in [6.07, 6.45) is 3.54. The molecule has 5 heteroatoms. The lowest BCUT2D eigenvalue weighted by Gasteiger charge is -2.04. The van der Waals surface area contributed by atoms with Crippen LogP contribution in [-0.2, 0) is 0 Å². The Hall–Kier alpha value is -3.08. The summed E-state index contributed by atoms with van der Waals surface area (Å²) >= 11 is 0. The van der Waals surface area contributed by atoms with E-state index in [4.69, 9.17) is 9.15 Å². The maximum atomic E-state index is 11.2. The van der Waals surface area contributed by atoms with Crippen LogP contribution in [0.25, 0.3) is 23.3 Å². The van der Waals surface area contributed by atoms with E-state index in [0.29, 0.717) is 17.0 Å². The van der Waals surface area contributed by atoms with Gasteiger partial charge in [0, 0.05) is 6.08 Å². The van der Waals surface area contributed by atoms with E-state index in [9.17, 15) is 9.90 Å². The number of rotatable bonds is 4. The first-order valence-electron chi connectivity index (χ1n) is 7.04. The van der Waals surface area contributed by atoms with E-state index in [2.05, 4.69) is 4.98 Å². The van der Waals surface area contributed by atoms with Crippen molar-refractivity contribution in [2.24, 2.45) is 0 Å². The zero-order valence-corrected chi connectivity index (χ0v) is 12.7. The lowest BCUT2D eigenvalue weighted by Crippen LogP contribution is -1.96. The van der Waals surface area contributed by atoms with Gasteiger partial charge in [-0.25, -0.2) is 9.78 Å². The predicted octanol–water partition coefficient (Wildman–Crippen LogP) is 4.01. The second kappa shape index (κ2) is 5.96. The number of methoxy groups -OCH3 is 1. The summed E-state index contributed by atoms with van der Waals surface area (Å²) in [7, 11) is 1.63. The van der Waals surface area contributed by atoms with Gasteiger partial charge in [0.2, 0.25) is 5.89 Å². The van der Waals surface area contributed by atoms with Gasteiger partial charge in [0.1, 0.15) is 11.3 Å². The monoisotopic (exact) mass is 309 g/mol. The molecule has 0 radical (unpaired) electrons. The fourth-order valence-corrected chi connectivity index (χ4v) is 2.32. The minimum atomic E-state index is -1.03. The minimum Gasteiger partial charge on any atom is -0.496 e. The summed E-state index contributed by atoms with van der Waals surface area (Å²) in [4.78, 5) is 15.4. The highest BCUT2D eigenvalue weighted by molar-refractivity contribution is 6.00. The molecule has 0 aliphatic rings. The van der Waals surface area contributed by atoms with Gasteiger partial charge in [-0.05, 0) is 42.3 Å². The lowest BCUT2D eigenvalue weighted by molar-refractivity contribution is 0.0699. The molecule has 116 valence electrons. The molecular weight excluding hydrogens is 294 g/mol. The lowest BCUT2D eigenvalue weighted by atomic mass is 10.1. The maximum Gasteiger partial charge on any atom is 0.338 e. The van der Waals surface area contributed by atoms with Crippen LogP contribution in [0.3, 0.4) is 0 Å². The molecule has 0 fully saturated rings. The van der Waals surface area contributed by atoms with E-state index in [1.165, 1.54) is 6.07 Å². The van der Waals surface area contributed by atoms with Crippen LogP contribution in [0.2, 0.25) is 0 Å². The molecule has 0 unspecified atom stereocenters. The quantitative estimate of drug-likeness (QED) is 0.788. The van der Waals surface area contributed by atoms with Crippen LogP contribution in [0.1, 0.15) is 27.4 Å². The van der Waals surface area contributed by atoms with Crippen LogP contribution >= 0.6 is 0 Å². The molecule has 0 spiro atoms. The van der Waals surface area contributed by atoms with Crippen molar-refractivity contribution in [2.75, 3.05) is 7.11 Å². The van der Waals surface area contributed by atoms with E-state index in [1.54, 1.807) is 25.3 Å². The zero-order valence-electron chi connectivity index (χ0n) is 12.7. The van der Waals surface area contributed by atoms with Gasteiger partial charge in [0.15, 0.2) is 5.58 Å². The Morgan fingerprint density at radius 1 is 1.26 bits per heavy atom. The van der Waals surface area contributed by atoms with Crippen LogP contribution in [0, 0.1) is 6.92 Å². The molecule has 2 aromatic carbocycles. The molecule has 1 aromatic heterocycles. The number of hydrogen-bond acceptors (Lipinski definition) is 4. The van der Waals surface area contributed by atoms with Gasteiger partial charge in [-0.3, -0.25) is 0 Å². The van der Waals surface area contributed by atoms with Crippen molar-refractivity contribution in [1.82, 2.24) is 4.98 Å². The zero-order chi connectivity index (χ0) is 16.4. The number of carboxylic acid groups (broad SMARTS) is 1. The number of aromatic carboxylic acids is 1. The van der Waals surface area contributed by atoms with Gasteiger partial charge < -0.3 is 14.3 Å². The van der Waals surface area contributed by atoms with E-state index < -0.39 is 5.97 Å². The number of carbonyl (C=O) groups is 1. The standard InChI is InChI=1S/C18H15NO4/c1-11-6-7-12(10-15(11)22-2)8-9-16-19-17-13(18(20)21)4-3-5-14(17)23-16/h3-10H,1-2H3,(H,20,21)/b9-8+. The molecule has 0 atom stereocenters. The molecule has 1 heterocycles. The second-order valence-corrected chi connectivity index (χ2v) is 5.07.